The van der Waals surface area contributed by atoms with Gasteiger partial charge >= 0.3 is 0 Å². The van der Waals surface area contributed by atoms with E-state index < -0.39 is 0 Å². The molecule has 0 aliphatic carbocycles. The SMILES string of the molecule is CCN(CC(N)CC(C)C)c1cccc(F)c1. The van der Waals surface area contributed by atoms with Gasteiger partial charge in [-0.15, -0.1) is 0 Å². The Labute approximate surface area is 104 Å². The minimum Gasteiger partial charge on any atom is -0.370 e. The number of hydrogen-bond donors (Lipinski definition) is 1. The van der Waals surface area contributed by atoms with E-state index in [2.05, 4.69) is 25.7 Å². The Balaban J connectivity index is 2.65. The van der Waals surface area contributed by atoms with Crippen LogP contribution in [-0.2, 0) is 0 Å². The summed E-state index contributed by atoms with van der Waals surface area (Å²) in [6, 6.07) is 6.82. The van der Waals surface area contributed by atoms with Crippen molar-refractivity contribution in [3.8, 4) is 0 Å². The first-order chi connectivity index (χ1) is 8.02. The van der Waals surface area contributed by atoms with Crippen LogP contribution in [0.15, 0.2) is 24.3 Å². The zero-order valence-corrected chi connectivity index (χ0v) is 11.0. The number of halogens is 1. The van der Waals surface area contributed by atoms with E-state index in [9.17, 15) is 4.39 Å². The third-order valence-corrected chi connectivity index (χ3v) is 2.78. The number of nitrogens with two attached hydrogens (primary N) is 1. The van der Waals surface area contributed by atoms with E-state index in [1.165, 1.54) is 6.07 Å². The molecule has 2 nitrogen and oxygen atoms in total. The highest BCUT2D eigenvalue weighted by atomic mass is 19.1. The molecule has 0 fully saturated rings. The Morgan fingerprint density at radius 3 is 2.59 bits per heavy atom. The summed E-state index contributed by atoms with van der Waals surface area (Å²) in [5, 5.41) is 0. The van der Waals surface area contributed by atoms with E-state index >= 15 is 0 Å². The summed E-state index contributed by atoms with van der Waals surface area (Å²) in [7, 11) is 0. The molecule has 17 heavy (non-hydrogen) atoms. The van der Waals surface area contributed by atoms with Crippen molar-refractivity contribution in [1.82, 2.24) is 0 Å². The van der Waals surface area contributed by atoms with Gasteiger partial charge in [0, 0.05) is 24.8 Å². The molecule has 3 heteroatoms. The highest BCUT2D eigenvalue weighted by Gasteiger charge is 2.11. The lowest BCUT2D eigenvalue weighted by molar-refractivity contribution is 0.490. The Morgan fingerprint density at radius 1 is 1.35 bits per heavy atom. The lowest BCUT2D eigenvalue weighted by Crippen LogP contribution is -2.38. The molecule has 0 bridgehead atoms. The third-order valence-electron chi connectivity index (χ3n) is 2.78. The number of rotatable bonds is 6. The summed E-state index contributed by atoms with van der Waals surface area (Å²) in [6.07, 6.45) is 0.992. The van der Waals surface area contributed by atoms with Gasteiger partial charge in [0.1, 0.15) is 5.82 Å². The van der Waals surface area contributed by atoms with Gasteiger partial charge in [0.15, 0.2) is 0 Å². The van der Waals surface area contributed by atoms with Crippen LogP contribution in [0.3, 0.4) is 0 Å². The molecular weight excluding hydrogens is 215 g/mol. The molecule has 0 aliphatic rings. The summed E-state index contributed by atoms with van der Waals surface area (Å²) < 4.78 is 13.2. The van der Waals surface area contributed by atoms with Gasteiger partial charge in [-0.2, -0.15) is 0 Å². The van der Waals surface area contributed by atoms with Crippen LogP contribution in [-0.4, -0.2) is 19.1 Å². The van der Waals surface area contributed by atoms with E-state index in [-0.39, 0.29) is 11.9 Å². The summed E-state index contributed by atoms with van der Waals surface area (Å²) >= 11 is 0. The van der Waals surface area contributed by atoms with Crippen molar-refractivity contribution in [2.75, 3.05) is 18.0 Å². The van der Waals surface area contributed by atoms with Gasteiger partial charge in [-0.1, -0.05) is 19.9 Å². The van der Waals surface area contributed by atoms with Gasteiger partial charge in [-0.25, -0.2) is 4.39 Å². The monoisotopic (exact) mass is 238 g/mol. The summed E-state index contributed by atoms with van der Waals surface area (Å²) in [5.74, 6) is 0.398. The largest absolute Gasteiger partial charge is 0.370 e. The van der Waals surface area contributed by atoms with Crippen LogP contribution in [0, 0.1) is 11.7 Å². The van der Waals surface area contributed by atoms with Gasteiger partial charge in [0.2, 0.25) is 0 Å². The molecule has 2 N–H and O–H groups in total. The fraction of sp³-hybridized carbons (Fsp3) is 0.571. The summed E-state index contributed by atoms with van der Waals surface area (Å²) in [5.41, 5.74) is 7.00. The standard InChI is InChI=1S/C14H23FN2/c1-4-17(10-13(16)8-11(2)3)14-7-5-6-12(15)9-14/h5-7,9,11,13H,4,8,10,16H2,1-3H3. The van der Waals surface area contributed by atoms with Gasteiger partial charge in [-0.3, -0.25) is 0 Å². The first kappa shape index (κ1) is 14.0. The minimum absolute atomic E-state index is 0.137. The van der Waals surface area contributed by atoms with Crippen molar-refractivity contribution in [2.24, 2.45) is 11.7 Å². The zero-order valence-electron chi connectivity index (χ0n) is 11.0. The van der Waals surface area contributed by atoms with Crippen molar-refractivity contribution < 1.29 is 4.39 Å². The van der Waals surface area contributed by atoms with E-state index in [1.807, 2.05) is 6.07 Å². The van der Waals surface area contributed by atoms with Crippen molar-refractivity contribution in [1.29, 1.82) is 0 Å². The van der Waals surface area contributed by atoms with E-state index in [1.54, 1.807) is 12.1 Å². The smallest absolute Gasteiger partial charge is 0.125 e. The number of anilines is 1. The van der Waals surface area contributed by atoms with Crippen LogP contribution in [0.1, 0.15) is 27.2 Å². The van der Waals surface area contributed by atoms with Crippen molar-refractivity contribution in [3.05, 3.63) is 30.1 Å². The van der Waals surface area contributed by atoms with E-state index in [0.29, 0.717) is 5.92 Å². The molecule has 0 amide bonds. The highest BCUT2D eigenvalue weighted by molar-refractivity contribution is 5.46. The molecule has 1 rings (SSSR count). The second-order valence-electron chi connectivity index (χ2n) is 4.91. The number of hydrogen-bond acceptors (Lipinski definition) is 2. The van der Waals surface area contributed by atoms with Crippen LogP contribution in [0.5, 0.6) is 0 Å². The molecule has 96 valence electrons. The van der Waals surface area contributed by atoms with Crippen LogP contribution >= 0.6 is 0 Å². The number of likely N-dealkylation sites (N-methyl/N-ethyl adjacent to an activating group) is 1. The second kappa shape index (κ2) is 6.60. The van der Waals surface area contributed by atoms with E-state index in [4.69, 9.17) is 5.73 Å². The Morgan fingerprint density at radius 2 is 2.06 bits per heavy atom. The summed E-state index contributed by atoms with van der Waals surface area (Å²) in [4.78, 5) is 2.12. The highest BCUT2D eigenvalue weighted by Crippen LogP contribution is 2.16. The predicted molar refractivity (Wildman–Crippen MR) is 71.7 cm³/mol. The average molecular weight is 238 g/mol. The molecular formula is C14H23FN2. The first-order valence-corrected chi connectivity index (χ1v) is 6.29. The topological polar surface area (TPSA) is 29.3 Å². The molecule has 0 spiro atoms. The molecule has 0 aromatic heterocycles. The molecule has 0 radical (unpaired) electrons. The zero-order chi connectivity index (χ0) is 12.8. The average Bonchev–Trinajstić information content (AvgIpc) is 2.24. The Bertz CT molecular complexity index is 339. The fourth-order valence-electron chi connectivity index (χ4n) is 2.05. The molecule has 1 aromatic carbocycles. The number of benzene rings is 1. The molecule has 0 saturated heterocycles. The van der Waals surface area contributed by atoms with E-state index in [0.717, 1.165) is 25.2 Å². The molecule has 0 saturated carbocycles. The maximum Gasteiger partial charge on any atom is 0.125 e. The fourth-order valence-corrected chi connectivity index (χ4v) is 2.05. The normalized spacial score (nSPS) is 12.8. The van der Waals surface area contributed by atoms with Gasteiger partial charge < -0.3 is 10.6 Å². The van der Waals surface area contributed by atoms with Gasteiger partial charge in [0.05, 0.1) is 0 Å². The van der Waals surface area contributed by atoms with Crippen LogP contribution in [0.4, 0.5) is 10.1 Å². The maximum absolute atomic E-state index is 13.2. The molecule has 1 unspecified atom stereocenters. The van der Waals surface area contributed by atoms with Crippen LogP contribution < -0.4 is 10.6 Å². The predicted octanol–water partition coefficient (Wildman–Crippen LogP) is 3.03. The van der Waals surface area contributed by atoms with Gasteiger partial charge in [0.25, 0.3) is 0 Å². The van der Waals surface area contributed by atoms with Crippen molar-refractivity contribution in [3.63, 3.8) is 0 Å². The first-order valence-electron chi connectivity index (χ1n) is 6.29. The lowest BCUT2D eigenvalue weighted by atomic mass is 10.0. The second-order valence-corrected chi connectivity index (χ2v) is 4.91. The van der Waals surface area contributed by atoms with Crippen molar-refractivity contribution >= 4 is 5.69 Å². The molecule has 1 aromatic rings. The minimum atomic E-state index is -0.196. The quantitative estimate of drug-likeness (QED) is 0.825. The molecule has 0 heterocycles. The van der Waals surface area contributed by atoms with Crippen LogP contribution in [0.2, 0.25) is 0 Å². The number of nitrogens with zero attached hydrogens (tertiary/aromatic N) is 1. The molecule has 1 atom stereocenters. The van der Waals surface area contributed by atoms with Crippen molar-refractivity contribution in [2.45, 2.75) is 33.2 Å². The van der Waals surface area contributed by atoms with Gasteiger partial charge in [-0.05, 0) is 37.5 Å². The maximum atomic E-state index is 13.2. The molecule has 0 aliphatic heterocycles. The van der Waals surface area contributed by atoms with Crippen LogP contribution in [0.25, 0.3) is 0 Å². The Kier molecular flexibility index (Phi) is 5.42. The lowest BCUT2D eigenvalue weighted by Gasteiger charge is -2.27. The Hall–Kier alpha value is -1.09. The summed E-state index contributed by atoms with van der Waals surface area (Å²) in [6.45, 7) is 8.01. The third kappa shape index (κ3) is 4.73.